The average Bonchev–Trinajstić information content (AvgIpc) is 3.45. The number of hydrogen-bond acceptors (Lipinski definition) is 9. The Labute approximate surface area is 301 Å². The molecule has 0 bridgehead atoms. The fraction of sp³-hybridized carbons (Fsp3) is 0.436. The van der Waals surface area contributed by atoms with Gasteiger partial charge in [0.15, 0.2) is 0 Å². The number of piperazine rings is 1. The molecule has 10 nitrogen and oxygen atoms in total. The Hall–Kier alpha value is -4.44. The van der Waals surface area contributed by atoms with Crippen LogP contribution in [0.5, 0.6) is 5.75 Å². The summed E-state index contributed by atoms with van der Waals surface area (Å²) in [7, 11) is 0. The van der Waals surface area contributed by atoms with Gasteiger partial charge in [0.1, 0.15) is 24.2 Å². The quantitative estimate of drug-likeness (QED) is 0.212. The second kappa shape index (κ2) is 15.0. The van der Waals surface area contributed by atoms with Crippen molar-refractivity contribution in [1.82, 2.24) is 15.1 Å². The van der Waals surface area contributed by atoms with Gasteiger partial charge in [0, 0.05) is 72.7 Å². The number of halogens is 1. The average molecular weight is 712 g/mol. The summed E-state index contributed by atoms with van der Waals surface area (Å²) >= 11 is 1.93. The normalized spacial score (nSPS) is 20.1. The van der Waals surface area contributed by atoms with Crippen molar-refractivity contribution >= 4 is 35.2 Å². The summed E-state index contributed by atoms with van der Waals surface area (Å²) in [5, 5.41) is 12.0. The lowest BCUT2D eigenvalue weighted by atomic mass is 9.92. The fourth-order valence-corrected chi connectivity index (χ4v) is 8.37. The first-order valence-electron chi connectivity index (χ1n) is 17.5. The molecule has 4 heterocycles. The van der Waals surface area contributed by atoms with Gasteiger partial charge in [-0.3, -0.25) is 24.6 Å². The number of carbonyl (C=O) groups is 3. The predicted molar refractivity (Wildman–Crippen MR) is 192 cm³/mol. The number of ether oxygens (including phenoxy) is 2. The predicted octanol–water partition coefficient (Wildman–Crippen LogP) is 4.67. The van der Waals surface area contributed by atoms with Crippen LogP contribution >= 0.6 is 11.8 Å². The van der Waals surface area contributed by atoms with Gasteiger partial charge in [-0.1, -0.05) is 25.1 Å². The SMILES string of the molecule is CC1(CSCCc2cc(N3CCN(Cc4ccc(COc5cccc6c5CN([C@H]5CCC(=O)NC5=O)C6=O)c(F)c4)CC3)ccc2C#N)COC1. The van der Waals surface area contributed by atoms with Gasteiger partial charge >= 0.3 is 0 Å². The Balaban J connectivity index is 0.905. The number of imide groups is 1. The number of nitrogens with zero attached hydrogens (tertiary/aromatic N) is 4. The number of aryl methyl sites for hydroxylation is 1. The van der Waals surface area contributed by atoms with Crippen molar-refractivity contribution in [2.24, 2.45) is 5.41 Å². The van der Waals surface area contributed by atoms with Gasteiger partial charge < -0.3 is 19.3 Å². The summed E-state index contributed by atoms with van der Waals surface area (Å²) in [6, 6.07) is 18.2. The van der Waals surface area contributed by atoms with Gasteiger partial charge in [-0.25, -0.2) is 4.39 Å². The first-order chi connectivity index (χ1) is 24.7. The van der Waals surface area contributed by atoms with Crippen LogP contribution < -0.4 is 15.0 Å². The number of nitrogens with one attached hydrogen (secondary N) is 1. The minimum Gasteiger partial charge on any atom is -0.488 e. The second-order valence-corrected chi connectivity index (χ2v) is 15.3. The highest BCUT2D eigenvalue weighted by Gasteiger charge is 2.40. The van der Waals surface area contributed by atoms with Crippen LogP contribution in [0, 0.1) is 22.6 Å². The second-order valence-electron chi connectivity index (χ2n) is 14.2. The Morgan fingerprint density at radius 2 is 1.88 bits per heavy atom. The first-order valence-corrected chi connectivity index (χ1v) is 18.7. The van der Waals surface area contributed by atoms with E-state index in [2.05, 4.69) is 34.2 Å². The molecule has 4 aliphatic heterocycles. The molecule has 1 N–H and O–H groups in total. The van der Waals surface area contributed by atoms with E-state index in [1.165, 1.54) is 4.90 Å². The largest absolute Gasteiger partial charge is 0.488 e. The summed E-state index contributed by atoms with van der Waals surface area (Å²) in [4.78, 5) is 43.3. The van der Waals surface area contributed by atoms with Crippen molar-refractivity contribution in [1.29, 1.82) is 5.26 Å². The van der Waals surface area contributed by atoms with E-state index in [-0.39, 0.29) is 49.0 Å². The van der Waals surface area contributed by atoms with Crippen molar-refractivity contribution in [3.05, 3.63) is 93.8 Å². The molecule has 1 atom stereocenters. The lowest BCUT2D eigenvalue weighted by Gasteiger charge is -2.37. The summed E-state index contributed by atoms with van der Waals surface area (Å²) in [6.07, 6.45) is 1.32. The molecular weight excluding hydrogens is 670 g/mol. The van der Waals surface area contributed by atoms with Crippen LogP contribution in [0.1, 0.15) is 57.9 Å². The van der Waals surface area contributed by atoms with Crippen LogP contribution in [0.2, 0.25) is 0 Å². The van der Waals surface area contributed by atoms with E-state index < -0.39 is 11.9 Å². The fourth-order valence-electron chi connectivity index (χ4n) is 7.20. The summed E-state index contributed by atoms with van der Waals surface area (Å²) in [6.45, 7) is 8.11. The molecule has 7 rings (SSSR count). The Bertz CT molecular complexity index is 1870. The molecule has 0 unspecified atom stereocenters. The molecule has 3 fully saturated rings. The van der Waals surface area contributed by atoms with Gasteiger partial charge in [-0.15, -0.1) is 0 Å². The number of fused-ring (bicyclic) bond motifs is 1. The molecule has 3 amide bonds. The number of benzene rings is 3. The molecule has 0 aromatic heterocycles. The highest BCUT2D eigenvalue weighted by atomic mass is 32.2. The Morgan fingerprint density at radius 3 is 2.61 bits per heavy atom. The number of thioether (sulfide) groups is 1. The molecule has 3 aromatic rings. The molecule has 4 aliphatic rings. The van der Waals surface area contributed by atoms with Crippen molar-refractivity contribution in [2.45, 2.75) is 51.9 Å². The van der Waals surface area contributed by atoms with Gasteiger partial charge in [-0.05, 0) is 66.1 Å². The third-order valence-electron chi connectivity index (χ3n) is 10.3. The van der Waals surface area contributed by atoms with E-state index in [0.29, 0.717) is 29.0 Å². The zero-order valence-electron chi connectivity index (χ0n) is 28.8. The lowest BCUT2D eigenvalue weighted by molar-refractivity contribution is -0.136. The monoisotopic (exact) mass is 711 g/mol. The summed E-state index contributed by atoms with van der Waals surface area (Å²) < 4.78 is 26.7. The highest BCUT2D eigenvalue weighted by molar-refractivity contribution is 7.99. The molecule has 3 aromatic carbocycles. The van der Waals surface area contributed by atoms with Crippen molar-refractivity contribution in [2.75, 3.05) is 55.8 Å². The van der Waals surface area contributed by atoms with E-state index in [4.69, 9.17) is 9.47 Å². The molecule has 0 spiro atoms. The van der Waals surface area contributed by atoms with E-state index in [9.17, 15) is 19.6 Å². The van der Waals surface area contributed by atoms with Gasteiger partial charge in [0.25, 0.3) is 5.91 Å². The van der Waals surface area contributed by atoms with Crippen LogP contribution in [0.4, 0.5) is 10.1 Å². The molecule has 0 saturated carbocycles. The number of rotatable bonds is 12. The van der Waals surface area contributed by atoms with Crippen molar-refractivity contribution in [3.63, 3.8) is 0 Å². The zero-order chi connectivity index (χ0) is 35.5. The first kappa shape index (κ1) is 35.0. The topological polar surface area (TPSA) is 115 Å². The van der Waals surface area contributed by atoms with Gasteiger partial charge in [0.05, 0.1) is 31.4 Å². The van der Waals surface area contributed by atoms with Crippen LogP contribution in [-0.2, 0) is 40.4 Å². The molecular formula is C39H42FN5O5S. The maximum absolute atomic E-state index is 15.3. The van der Waals surface area contributed by atoms with Gasteiger partial charge in [0.2, 0.25) is 11.8 Å². The maximum atomic E-state index is 15.3. The number of carbonyl (C=O) groups excluding carboxylic acids is 3. The standard InChI is InChI=1S/C39H42FN5O5S/c1-39(23-49-24-39)25-51-16-11-27-18-30(8-7-28(27)19-41)44-14-12-43(13-15-44)20-26-5-6-29(33(40)17-26)22-50-35-4-2-3-31-32(35)21-45(38(31)48)34-9-10-36(46)42-37(34)47/h2-8,17-18,34H,9-16,20-25H2,1H3,(H,42,46,47)/t34-/m0/s1. The van der Waals surface area contributed by atoms with E-state index in [1.807, 2.05) is 30.0 Å². The van der Waals surface area contributed by atoms with E-state index in [0.717, 1.165) is 79.7 Å². The molecule has 266 valence electrons. The molecule has 0 radical (unpaired) electrons. The summed E-state index contributed by atoms with van der Waals surface area (Å²) in [5.41, 5.74) is 5.66. The minimum absolute atomic E-state index is 0.00649. The number of amides is 3. The Morgan fingerprint density at radius 1 is 1.06 bits per heavy atom. The number of piperidine rings is 1. The molecule has 0 aliphatic carbocycles. The number of anilines is 1. The highest BCUT2D eigenvalue weighted by Crippen LogP contribution is 2.35. The third kappa shape index (κ3) is 7.76. The molecule has 12 heteroatoms. The molecule has 51 heavy (non-hydrogen) atoms. The maximum Gasteiger partial charge on any atom is 0.255 e. The number of nitriles is 1. The van der Waals surface area contributed by atoms with Crippen LogP contribution in [0.25, 0.3) is 0 Å². The third-order valence-corrected chi connectivity index (χ3v) is 11.7. The molecule has 3 saturated heterocycles. The minimum atomic E-state index is -0.715. The summed E-state index contributed by atoms with van der Waals surface area (Å²) in [5.74, 6) is 1.09. The van der Waals surface area contributed by atoms with E-state index in [1.54, 1.807) is 30.3 Å². The van der Waals surface area contributed by atoms with Crippen LogP contribution in [0.15, 0.2) is 54.6 Å². The lowest BCUT2D eigenvalue weighted by Crippen LogP contribution is -2.52. The smallest absolute Gasteiger partial charge is 0.255 e. The zero-order valence-corrected chi connectivity index (χ0v) is 29.6. The van der Waals surface area contributed by atoms with Crippen molar-refractivity contribution in [3.8, 4) is 11.8 Å². The van der Waals surface area contributed by atoms with Crippen LogP contribution in [-0.4, -0.2) is 84.5 Å². The van der Waals surface area contributed by atoms with Crippen molar-refractivity contribution < 1.29 is 28.2 Å². The number of hydrogen-bond donors (Lipinski definition) is 1. The Kier molecular flexibility index (Phi) is 10.3. The van der Waals surface area contributed by atoms with E-state index >= 15 is 4.39 Å². The van der Waals surface area contributed by atoms with Gasteiger partial charge in [-0.2, -0.15) is 17.0 Å². The van der Waals surface area contributed by atoms with Crippen LogP contribution in [0.3, 0.4) is 0 Å².